The van der Waals surface area contributed by atoms with Crippen LogP contribution in [0.1, 0.15) is 17.0 Å². The SMILES string of the molecule is Cc1n[nH]c(C)c1CNc1ccc2c(c1)nnn2C. The van der Waals surface area contributed by atoms with Gasteiger partial charge in [0.25, 0.3) is 0 Å². The van der Waals surface area contributed by atoms with E-state index in [0.717, 1.165) is 34.7 Å². The fourth-order valence-corrected chi connectivity index (χ4v) is 2.18. The molecule has 0 aliphatic heterocycles. The number of fused-ring (bicyclic) bond motifs is 1. The van der Waals surface area contributed by atoms with Crippen LogP contribution in [0.3, 0.4) is 0 Å². The van der Waals surface area contributed by atoms with Crippen molar-refractivity contribution >= 4 is 16.7 Å². The first-order valence-corrected chi connectivity index (χ1v) is 6.19. The van der Waals surface area contributed by atoms with Gasteiger partial charge in [0.15, 0.2) is 0 Å². The van der Waals surface area contributed by atoms with Crippen molar-refractivity contribution in [3.8, 4) is 0 Å². The summed E-state index contributed by atoms with van der Waals surface area (Å²) < 4.78 is 1.77. The molecule has 0 bridgehead atoms. The molecule has 6 nitrogen and oxygen atoms in total. The Morgan fingerprint density at radius 2 is 2.16 bits per heavy atom. The molecule has 3 aromatic rings. The molecule has 0 aliphatic carbocycles. The molecule has 3 rings (SSSR count). The lowest BCUT2D eigenvalue weighted by molar-refractivity contribution is 0.736. The van der Waals surface area contributed by atoms with Crippen LogP contribution in [0.15, 0.2) is 18.2 Å². The van der Waals surface area contributed by atoms with Crippen molar-refractivity contribution in [2.75, 3.05) is 5.32 Å². The number of nitrogens with one attached hydrogen (secondary N) is 2. The normalized spacial score (nSPS) is 11.1. The molecule has 2 heterocycles. The van der Waals surface area contributed by atoms with E-state index >= 15 is 0 Å². The highest BCUT2D eigenvalue weighted by Gasteiger charge is 2.07. The van der Waals surface area contributed by atoms with Crippen LogP contribution < -0.4 is 5.32 Å². The number of hydrogen-bond donors (Lipinski definition) is 2. The second-order valence-corrected chi connectivity index (χ2v) is 4.68. The second kappa shape index (κ2) is 4.38. The van der Waals surface area contributed by atoms with Gasteiger partial charge in [0.05, 0.1) is 11.2 Å². The molecule has 6 heteroatoms. The van der Waals surface area contributed by atoms with Crippen LogP contribution in [0.2, 0.25) is 0 Å². The van der Waals surface area contributed by atoms with Crippen LogP contribution >= 0.6 is 0 Å². The van der Waals surface area contributed by atoms with Crippen LogP contribution in [0.4, 0.5) is 5.69 Å². The minimum absolute atomic E-state index is 0.750. The lowest BCUT2D eigenvalue weighted by Gasteiger charge is -2.06. The van der Waals surface area contributed by atoms with E-state index in [0.29, 0.717) is 0 Å². The molecular weight excluding hydrogens is 240 g/mol. The van der Waals surface area contributed by atoms with E-state index in [1.807, 2.05) is 39.1 Å². The lowest BCUT2D eigenvalue weighted by atomic mass is 10.2. The van der Waals surface area contributed by atoms with E-state index in [1.165, 1.54) is 5.56 Å². The first-order chi connectivity index (χ1) is 9.15. The molecular formula is C13H16N6. The summed E-state index contributed by atoms with van der Waals surface area (Å²) in [7, 11) is 1.89. The van der Waals surface area contributed by atoms with E-state index in [2.05, 4.69) is 25.8 Å². The van der Waals surface area contributed by atoms with Crippen molar-refractivity contribution in [3.63, 3.8) is 0 Å². The van der Waals surface area contributed by atoms with Crippen LogP contribution in [0.25, 0.3) is 11.0 Å². The number of rotatable bonds is 3. The number of aromatic amines is 1. The predicted molar refractivity (Wildman–Crippen MR) is 73.9 cm³/mol. The van der Waals surface area contributed by atoms with Gasteiger partial charge < -0.3 is 5.32 Å². The van der Waals surface area contributed by atoms with Gasteiger partial charge in [-0.15, -0.1) is 5.10 Å². The smallest absolute Gasteiger partial charge is 0.115 e. The van der Waals surface area contributed by atoms with Gasteiger partial charge in [0.2, 0.25) is 0 Å². The van der Waals surface area contributed by atoms with E-state index in [9.17, 15) is 0 Å². The zero-order valence-electron chi connectivity index (χ0n) is 11.2. The molecule has 98 valence electrons. The Bertz CT molecular complexity index is 704. The number of nitrogens with zero attached hydrogens (tertiary/aromatic N) is 4. The lowest BCUT2D eigenvalue weighted by Crippen LogP contribution is -2.01. The molecule has 19 heavy (non-hydrogen) atoms. The number of aromatic nitrogens is 5. The topological polar surface area (TPSA) is 71.4 Å². The molecule has 1 aromatic carbocycles. The van der Waals surface area contributed by atoms with E-state index in [1.54, 1.807) is 4.68 Å². The summed E-state index contributed by atoms with van der Waals surface area (Å²) in [5, 5.41) is 18.7. The third-order valence-corrected chi connectivity index (χ3v) is 3.36. The Hall–Kier alpha value is -2.37. The molecule has 0 aliphatic rings. The van der Waals surface area contributed by atoms with Crippen LogP contribution in [0, 0.1) is 13.8 Å². The van der Waals surface area contributed by atoms with Gasteiger partial charge in [0.1, 0.15) is 5.52 Å². The number of anilines is 1. The number of hydrogen-bond acceptors (Lipinski definition) is 4. The maximum Gasteiger partial charge on any atom is 0.115 e. The Morgan fingerprint density at radius 1 is 1.32 bits per heavy atom. The van der Waals surface area contributed by atoms with Crippen molar-refractivity contribution < 1.29 is 0 Å². The summed E-state index contributed by atoms with van der Waals surface area (Å²) in [6, 6.07) is 6.07. The molecule has 2 N–H and O–H groups in total. The average Bonchev–Trinajstić information content (AvgIpc) is 2.92. The summed E-state index contributed by atoms with van der Waals surface area (Å²) in [6.07, 6.45) is 0. The van der Waals surface area contributed by atoms with E-state index in [4.69, 9.17) is 0 Å². The maximum absolute atomic E-state index is 4.19. The van der Waals surface area contributed by atoms with Crippen molar-refractivity contribution in [2.45, 2.75) is 20.4 Å². The summed E-state index contributed by atoms with van der Waals surface area (Å²) >= 11 is 0. The molecule has 0 saturated carbocycles. The van der Waals surface area contributed by atoms with Gasteiger partial charge in [-0.2, -0.15) is 5.10 Å². The van der Waals surface area contributed by atoms with E-state index < -0.39 is 0 Å². The van der Waals surface area contributed by atoms with Crippen LogP contribution in [-0.2, 0) is 13.6 Å². The molecule has 0 atom stereocenters. The Labute approximate surface area is 110 Å². The monoisotopic (exact) mass is 256 g/mol. The van der Waals surface area contributed by atoms with Crippen molar-refractivity contribution in [3.05, 3.63) is 35.2 Å². The summed E-state index contributed by atoms with van der Waals surface area (Å²) in [5.41, 5.74) is 6.30. The molecule has 0 saturated heterocycles. The fourth-order valence-electron chi connectivity index (χ4n) is 2.18. The van der Waals surface area contributed by atoms with Gasteiger partial charge in [-0.3, -0.25) is 5.10 Å². The highest BCUT2D eigenvalue weighted by molar-refractivity contribution is 5.78. The van der Waals surface area contributed by atoms with Crippen molar-refractivity contribution in [1.29, 1.82) is 0 Å². The Balaban J connectivity index is 1.82. The van der Waals surface area contributed by atoms with Gasteiger partial charge in [-0.05, 0) is 32.0 Å². The number of benzene rings is 1. The molecule has 0 spiro atoms. The van der Waals surface area contributed by atoms with Crippen LogP contribution in [-0.4, -0.2) is 25.2 Å². The minimum atomic E-state index is 0.750. The first kappa shape index (κ1) is 11.7. The molecule has 0 fully saturated rings. The largest absolute Gasteiger partial charge is 0.381 e. The molecule has 2 aromatic heterocycles. The van der Waals surface area contributed by atoms with Crippen molar-refractivity contribution in [2.24, 2.45) is 7.05 Å². The summed E-state index contributed by atoms with van der Waals surface area (Å²) in [4.78, 5) is 0. The van der Waals surface area contributed by atoms with Gasteiger partial charge in [-0.1, -0.05) is 5.21 Å². The third-order valence-electron chi connectivity index (χ3n) is 3.36. The molecule has 0 amide bonds. The van der Waals surface area contributed by atoms with E-state index in [-0.39, 0.29) is 0 Å². The quantitative estimate of drug-likeness (QED) is 0.751. The van der Waals surface area contributed by atoms with Crippen LogP contribution in [0.5, 0.6) is 0 Å². The highest BCUT2D eigenvalue weighted by Crippen LogP contribution is 2.18. The Kier molecular flexibility index (Phi) is 2.70. The maximum atomic E-state index is 4.19. The standard InChI is InChI=1S/C13H16N6/c1-8-11(9(2)16-15-8)7-14-10-4-5-13-12(6-10)17-18-19(13)3/h4-6,14H,7H2,1-3H3,(H,15,16). The number of H-pyrrole nitrogens is 1. The van der Waals surface area contributed by atoms with Crippen molar-refractivity contribution in [1.82, 2.24) is 25.2 Å². The summed E-state index contributed by atoms with van der Waals surface area (Å²) in [5.74, 6) is 0. The Morgan fingerprint density at radius 3 is 2.89 bits per heavy atom. The second-order valence-electron chi connectivity index (χ2n) is 4.68. The average molecular weight is 256 g/mol. The highest BCUT2D eigenvalue weighted by atomic mass is 15.4. The third kappa shape index (κ3) is 2.05. The zero-order chi connectivity index (χ0) is 13.4. The summed E-state index contributed by atoms with van der Waals surface area (Å²) in [6.45, 7) is 4.79. The van der Waals surface area contributed by atoms with Gasteiger partial charge >= 0.3 is 0 Å². The molecule has 0 radical (unpaired) electrons. The molecule has 0 unspecified atom stereocenters. The van der Waals surface area contributed by atoms with Gasteiger partial charge in [0, 0.05) is 30.5 Å². The number of aryl methyl sites for hydroxylation is 3. The minimum Gasteiger partial charge on any atom is -0.381 e. The van der Waals surface area contributed by atoms with Gasteiger partial charge in [-0.25, -0.2) is 4.68 Å². The predicted octanol–water partition coefficient (Wildman–Crippen LogP) is 1.92. The fraction of sp³-hybridized carbons (Fsp3) is 0.308. The zero-order valence-corrected chi connectivity index (χ0v) is 11.2. The first-order valence-electron chi connectivity index (χ1n) is 6.19.